The number of nitrogens with zero attached hydrogens (tertiary/aromatic N) is 5. The van der Waals surface area contributed by atoms with Crippen LogP contribution in [0.1, 0.15) is 58.6 Å². The minimum absolute atomic E-state index is 0.0458. The van der Waals surface area contributed by atoms with Crippen LogP contribution in [0.2, 0.25) is 0 Å². The Morgan fingerprint density at radius 2 is 1.59 bits per heavy atom. The third kappa shape index (κ3) is 8.44. The van der Waals surface area contributed by atoms with E-state index in [4.69, 9.17) is 18.9 Å². The Bertz CT molecular complexity index is 1600. The van der Waals surface area contributed by atoms with E-state index < -0.39 is 17.2 Å². The first-order chi connectivity index (χ1) is 23.3. The molecule has 266 valence electrons. The molecule has 2 saturated heterocycles. The van der Waals surface area contributed by atoms with Crippen LogP contribution < -0.4 is 24.4 Å². The number of methoxy groups -OCH3 is 2. The molecule has 3 heterocycles. The molecule has 2 fully saturated rings. The lowest BCUT2D eigenvalue weighted by molar-refractivity contribution is -0.0244. The molecule has 0 aliphatic carbocycles. The second kappa shape index (κ2) is 15.0. The Morgan fingerprint density at radius 3 is 2.18 bits per heavy atom. The van der Waals surface area contributed by atoms with Gasteiger partial charge in [-0.2, -0.15) is 0 Å². The summed E-state index contributed by atoms with van der Waals surface area (Å²) < 4.78 is 51.2. The Balaban J connectivity index is 1.15. The molecule has 1 amide bonds. The zero-order valence-electron chi connectivity index (χ0n) is 29.7. The monoisotopic (exact) mass is 682 g/mol. The number of nitrogens with one attached hydrogen (secondary N) is 1. The second-order valence-corrected chi connectivity index (χ2v) is 13.8. The van der Waals surface area contributed by atoms with Gasteiger partial charge >= 0.3 is 6.09 Å². The molecule has 2 atom stereocenters. The maximum atomic E-state index is 14.6. The van der Waals surface area contributed by atoms with E-state index in [1.54, 1.807) is 7.11 Å². The number of carbonyl (C=O) groups is 1. The molecule has 13 heteroatoms. The molecule has 2 aliphatic heterocycles. The number of benzene rings is 2. The van der Waals surface area contributed by atoms with Crippen molar-refractivity contribution in [1.82, 2.24) is 19.8 Å². The standard InChI is InChI=1S/C36H48F2N6O5/c1-22-15-31(47-8)33(38)28(32(22)37)21-48-27-17-39-34(40-18-27)41-25-9-10-29(30(16-25)46-7)42-13-11-26(12-14-42)43-19-23(2)44(24(3)20-43)35(45)49-36(4,5)6/h9-10,15-18,23-24,26H,11-14,19-21H2,1-8H3,(H,39,40,41)/t23-,24+. The first-order valence-electron chi connectivity index (χ1n) is 16.7. The van der Waals surface area contributed by atoms with Gasteiger partial charge in [0.05, 0.1) is 37.9 Å². The first-order valence-corrected chi connectivity index (χ1v) is 16.7. The third-order valence-corrected chi connectivity index (χ3v) is 8.98. The summed E-state index contributed by atoms with van der Waals surface area (Å²) in [5.41, 5.74) is 1.27. The number of carbonyl (C=O) groups excluding carboxylic acids is 1. The highest BCUT2D eigenvalue weighted by molar-refractivity contribution is 5.69. The van der Waals surface area contributed by atoms with Crippen molar-refractivity contribution in [1.29, 1.82) is 0 Å². The molecule has 49 heavy (non-hydrogen) atoms. The molecule has 11 nitrogen and oxygen atoms in total. The molecule has 3 aromatic rings. The van der Waals surface area contributed by atoms with Crippen LogP contribution in [0.3, 0.4) is 0 Å². The SMILES string of the molecule is COc1cc(Nc2ncc(OCc3c(F)c(C)cc(OC)c3F)cn2)ccc1N1CCC(N2C[C@@H](C)N(C(=O)OC(C)(C)C)[C@@H](C)C2)CC1. The van der Waals surface area contributed by atoms with Gasteiger partial charge in [0.1, 0.15) is 23.8 Å². The molecule has 0 radical (unpaired) electrons. The highest BCUT2D eigenvalue weighted by atomic mass is 19.1. The van der Waals surface area contributed by atoms with Crippen LogP contribution in [0, 0.1) is 18.6 Å². The van der Waals surface area contributed by atoms with Crippen molar-refractivity contribution in [2.24, 2.45) is 0 Å². The molecule has 0 bridgehead atoms. The Morgan fingerprint density at radius 1 is 0.959 bits per heavy atom. The van der Waals surface area contributed by atoms with Crippen molar-refractivity contribution in [3.63, 3.8) is 0 Å². The number of amides is 1. The van der Waals surface area contributed by atoms with Crippen LogP contribution in [0.15, 0.2) is 36.7 Å². The van der Waals surface area contributed by atoms with Gasteiger partial charge in [0.15, 0.2) is 17.3 Å². The highest BCUT2D eigenvalue weighted by Crippen LogP contribution is 2.35. The van der Waals surface area contributed by atoms with Gasteiger partial charge in [-0.3, -0.25) is 4.90 Å². The molecule has 2 aliphatic rings. The smallest absolute Gasteiger partial charge is 0.410 e. The lowest BCUT2D eigenvalue weighted by Gasteiger charge is -2.48. The van der Waals surface area contributed by atoms with Gasteiger partial charge in [0.25, 0.3) is 0 Å². The fraction of sp³-hybridized carbons (Fsp3) is 0.528. The topological polar surface area (TPSA) is 102 Å². The van der Waals surface area contributed by atoms with Crippen molar-refractivity contribution in [2.45, 2.75) is 84.7 Å². The summed E-state index contributed by atoms with van der Waals surface area (Å²) in [6, 6.07) is 7.78. The average Bonchev–Trinajstić information content (AvgIpc) is 3.06. The zero-order valence-corrected chi connectivity index (χ0v) is 29.7. The first kappa shape index (κ1) is 35.9. The number of halogens is 2. The number of aryl methyl sites for hydroxylation is 1. The molecule has 0 saturated carbocycles. The fourth-order valence-corrected chi connectivity index (χ4v) is 6.65. The molecule has 0 spiro atoms. The highest BCUT2D eigenvalue weighted by Gasteiger charge is 2.38. The predicted molar refractivity (Wildman–Crippen MR) is 184 cm³/mol. The van der Waals surface area contributed by atoms with Gasteiger partial charge in [0, 0.05) is 56.1 Å². The van der Waals surface area contributed by atoms with Gasteiger partial charge in [0.2, 0.25) is 5.95 Å². The van der Waals surface area contributed by atoms with E-state index in [9.17, 15) is 13.6 Å². The third-order valence-electron chi connectivity index (χ3n) is 8.98. The van der Waals surface area contributed by atoms with E-state index >= 15 is 0 Å². The molecule has 2 aromatic carbocycles. The number of aromatic nitrogens is 2. The van der Waals surface area contributed by atoms with Gasteiger partial charge in [-0.25, -0.2) is 23.5 Å². The Kier molecular flexibility index (Phi) is 11.0. The molecule has 5 rings (SSSR count). The number of piperazine rings is 1. The predicted octanol–water partition coefficient (Wildman–Crippen LogP) is 6.70. The molecular formula is C36H48F2N6O5. The number of hydrogen-bond acceptors (Lipinski definition) is 10. The lowest BCUT2D eigenvalue weighted by atomic mass is 9.98. The normalized spacial score (nSPS) is 19.1. The van der Waals surface area contributed by atoms with Gasteiger partial charge in [-0.05, 0) is 78.1 Å². The average molecular weight is 683 g/mol. The number of anilines is 3. The van der Waals surface area contributed by atoms with Gasteiger partial charge in [-0.15, -0.1) is 0 Å². The summed E-state index contributed by atoms with van der Waals surface area (Å²) in [5.74, 6) is -0.211. The van der Waals surface area contributed by atoms with Crippen molar-refractivity contribution in [2.75, 3.05) is 50.6 Å². The van der Waals surface area contributed by atoms with Crippen molar-refractivity contribution in [3.8, 4) is 17.2 Å². The molecule has 1 aromatic heterocycles. The van der Waals surface area contributed by atoms with E-state index in [1.807, 2.05) is 43.9 Å². The minimum Gasteiger partial charge on any atom is -0.495 e. The summed E-state index contributed by atoms with van der Waals surface area (Å²) in [6.45, 7) is 14.5. The van der Waals surface area contributed by atoms with E-state index in [0.29, 0.717) is 12.0 Å². The molecule has 0 unspecified atom stereocenters. The van der Waals surface area contributed by atoms with Crippen molar-refractivity contribution in [3.05, 3.63) is 59.4 Å². The number of hydrogen-bond donors (Lipinski definition) is 1. The summed E-state index contributed by atoms with van der Waals surface area (Å²) >= 11 is 0. The second-order valence-electron chi connectivity index (χ2n) is 13.8. The minimum atomic E-state index is -0.800. The summed E-state index contributed by atoms with van der Waals surface area (Å²) in [7, 11) is 2.98. The van der Waals surface area contributed by atoms with E-state index in [1.165, 1.54) is 32.5 Å². The fourth-order valence-electron chi connectivity index (χ4n) is 6.65. The van der Waals surface area contributed by atoms with Crippen molar-refractivity contribution < 1.29 is 32.5 Å². The lowest BCUT2D eigenvalue weighted by Crippen LogP contribution is -2.62. The van der Waals surface area contributed by atoms with Crippen LogP contribution in [0.4, 0.5) is 30.9 Å². The molecule has 1 N–H and O–H groups in total. The van der Waals surface area contributed by atoms with E-state index in [-0.39, 0.29) is 47.4 Å². The Hall–Kier alpha value is -4.39. The molecular weight excluding hydrogens is 634 g/mol. The number of rotatable bonds is 9. The van der Waals surface area contributed by atoms with E-state index in [2.05, 4.69) is 38.9 Å². The van der Waals surface area contributed by atoms with Crippen LogP contribution in [-0.4, -0.2) is 90.0 Å². The van der Waals surface area contributed by atoms with Crippen molar-refractivity contribution >= 4 is 23.4 Å². The van der Waals surface area contributed by atoms with Crippen LogP contribution in [0.25, 0.3) is 0 Å². The summed E-state index contributed by atoms with van der Waals surface area (Å²) in [4.78, 5) is 28.2. The summed E-state index contributed by atoms with van der Waals surface area (Å²) in [6.07, 6.45) is 4.65. The van der Waals surface area contributed by atoms with Crippen LogP contribution in [-0.2, 0) is 11.3 Å². The van der Waals surface area contributed by atoms with Gasteiger partial charge < -0.3 is 34.1 Å². The number of ether oxygens (including phenoxy) is 4. The maximum absolute atomic E-state index is 14.6. The zero-order chi connectivity index (χ0) is 35.5. The van der Waals surface area contributed by atoms with Gasteiger partial charge in [-0.1, -0.05) is 0 Å². The summed E-state index contributed by atoms with van der Waals surface area (Å²) in [5, 5.41) is 3.18. The Labute approximate surface area is 287 Å². The van der Waals surface area contributed by atoms with E-state index in [0.717, 1.165) is 56.1 Å². The van der Waals surface area contributed by atoms with Crippen LogP contribution in [0.5, 0.6) is 17.2 Å². The maximum Gasteiger partial charge on any atom is 0.410 e. The van der Waals surface area contributed by atoms with Crippen LogP contribution >= 0.6 is 0 Å². The largest absolute Gasteiger partial charge is 0.495 e. The quantitative estimate of drug-likeness (QED) is 0.262. The number of piperidine rings is 1.